The molecule has 1 amide bonds. The smallest absolute Gasteiger partial charge is 0.250 e. The molecule has 24 heavy (non-hydrogen) atoms. The maximum Gasteiger partial charge on any atom is 0.250 e. The predicted octanol–water partition coefficient (Wildman–Crippen LogP) is 1.40. The number of ether oxygens (including phenoxy) is 1. The van der Waals surface area contributed by atoms with E-state index in [-0.39, 0.29) is 17.8 Å². The highest BCUT2D eigenvalue weighted by Crippen LogP contribution is 2.37. The second-order valence-corrected chi connectivity index (χ2v) is 6.95. The fraction of sp³-hybridized carbons (Fsp3) is 0.611. The molecule has 5 nitrogen and oxygen atoms in total. The molecule has 1 atom stereocenters. The normalized spacial score (nSPS) is 31.6. The van der Waals surface area contributed by atoms with Crippen LogP contribution in [0.2, 0.25) is 0 Å². The number of benzene rings is 1. The zero-order valence-corrected chi connectivity index (χ0v) is 14.0. The van der Waals surface area contributed by atoms with E-state index in [1.54, 1.807) is 12.1 Å². The molecule has 1 saturated carbocycles. The van der Waals surface area contributed by atoms with E-state index in [0.29, 0.717) is 44.4 Å². The second-order valence-electron chi connectivity index (χ2n) is 6.95. The summed E-state index contributed by atoms with van der Waals surface area (Å²) in [5.74, 6) is -0.419. The lowest BCUT2D eigenvalue weighted by molar-refractivity contribution is -0.139. The first kappa shape index (κ1) is 17.3. The zero-order chi connectivity index (χ0) is 17.2. The number of aliphatic hydroxyl groups is 1. The Balaban J connectivity index is 1.54. The van der Waals surface area contributed by atoms with Gasteiger partial charge in [0.25, 0.3) is 5.91 Å². The zero-order valence-electron chi connectivity index (χ0n) is 14.0. The van der Waals surface area contributed by atoms with Crippen molar-refractivity contribution < 1.29 is 19.0 Å². The summed E-state index contributed by atoms with van der Waals surface area (Å²) in [5, 5.41) is 13.8. The first-order valence-corrected chi connectivity index (χ1v) is 8.55. The van der Waals surface area contributed by atoms with E-state index in [0.717, 1.165) is 6.54 Å². The second kappa shape index (κ2) is 7.17. The Morgan fingerprint density at radius 1 is 1.42 bits per heavy atom. The average molecular weight is 336 g/mol. The maximum atomic E-state index is 13.4. The Morgan fingerprint density at radius 3 is 2.83 bits per heavy atom. The van der Waals surface area contributed by atoms with E-state index < -0.39 is 11.7 Å². The minimum absolute atomic E-state index is 0.0298. The number of nitrogens with one attached hydrogen (secondary N) is 1. The Bertz CT molecular complexity index is 587. The van der Waals surface area contributed by atoms with Gasteiger partial charge < -0.3 is 20.1 Å². The van der Waals surface area contributed by atoms with E-state index in [4.69, 9.17) is 4.74 Å². The van der Waals surface area contributed by atoms with E-state index in [1.807, 2.05) is 7.05 Å². The van der Waals surface area contributed by atoms with Gasteiger partial charge in [-0.15, -0.1) is 0 Å². The van der Waals surface area contributed by atoms with Crippen molar-refractivity contribution >= 4 is 5.91 Å². The van der Waals surface area contributed by atoms with Crippen molar-refractivity contribution in [2.45, 2.75) is 43.4 Å². The number of amides is 1. The lowest BCUT2D eigenvalue weighted by Crippen LogP contribution is -2.52. The number of morpholine rings is 1. The van der Waals surface area contributed by atoms with Crippen molar-refractivity contribution in [1.82, 2.24) is 10.2 Å². The van der Waals surface area contributed by atoms with Gasteiger partial charge in [-0.05, 0) is 50.4 Å². The lowest BCUT2D eigenvalue weighted by atomic mass is 9.77. The monoisotopic (exact) mass is 336 g/mol. The van der Waals surface area contributed by atoms with Crippen molar-refractivity contribution in [3.8, 4) is 0 Å². The fourth-order valence-electron chi connectivity index (χ4n) is 3.54. The molecule has 0 radical (unpaired) electrons. The van der Waals surface area contributed by atoms with Crippen LogP contribution in [-0.4, -0.2) is 54.8 Å². The van der Waals surface area contributed by atoms with Crippen molar-refractivity contribution in [3.05, 3.63) is 35.6 Å². The molecule has 1 aliphatic carbocycles. The van der Waals surface area contributed by atoms with Crippen LogP contribution in [0.25, 0.3) is 0 Å². The molecular weight excluding hydrogens is 311 g/mol. The van der Waals surface area contributed by atoms with Crippen LogP contribution in [0.4, 0.5) is 4.39 Å². The minimum Gasteiger partial charge on any atom is -0.385 e. The number of likely N-dealkylation sites (N-methyl/N-ethyl adjacent to an activating group) is 1. The number of carbonyl (C=O) groups excluding carboxylic acids is 1. The highest BCUT2D eigenvalue weighted by atomic mass is 19.1. The molecule has 1 saturated heterocycles. The summed E-state index contributed by atoms with van der Waals surface area (Å²) in [5.41, 5.74) is -0.394. The van der Waals surface area contributed by atoms with Gasteiger partial charge in [0.15, 0.2) is 0 Å². The van der Waals surface area contributed by atoms with Crippen LogP contribution in [0, 0.1) is 5.82 Å². The molecule has 132 valence electrons. The predicted molar refractivity (Wildman–Crippen MR) is 87.9 cm³/mol. The quantitative estimate of drug-likeness (QED) is 0.876. The highest BCUT2D eigenvalue weighted by Gasteiger charge is 2.36. The fourth-order valence-corrected chi connectivity index (χ4v) is 3.54. The summed E-state index contributed by atoms with van der Waals surface area (Å²) in [6, 6.07) is 6.17. The molecule has 1 aliphatic heterocycles. The largest absolute Gasteiger partial charge is 0.385 e. The molecule has 1 aromatic carbocycles. The van der Waals surface area contributed by atoms with E-state index in [2.05, 4.69) is 10.2 Å². The van der Waals surface area contributed by atoms with Crippen LogP contribution in [0.5, 0.6) is 0 Å². The van der Waals surface area contributed by atoms with E-state index in [9.17, 15) is 14.3 Å². The van der Waals surface area contributed by atoms with Crippen LogP contribution >= 0.6 is 0 Å². The summed E-state index contributed by atoms with van der Waals surface area (Å²) in [4.78, 5) is 14.4. The molecule has 0 aromatic heterocycles. The van der Waals surface area contributed by atoms with Gasteiger partial charge in [0.1, 0.15) is 11.9 Å². The Hall–Kier alpha value is -1.50. The molecule has 2 fully saturated rings. The lowest BCUT2D eigenvalue weighted by Gasteiger charge is -2.37. The summed E-state index contributed by atoms with van der Waals surface area (Å²) in [6.07, 6.45) is 1.93. The van der Waals surface area contributed by atoms with Crippen LogP contribution in [-0.2, 0) is 15.1 Å². The number of nitrogens with zero attached hydrogens (tertiary/aromatic N) is 1. The van der Waals surface area contributed by atoms with Gasteiger partial charge in [-0.2, -0.15) is 0 Å². The number of rotatable bonds is 3. The van der Waals surface area contributed by atoms with E-state index in [1.165, 1.54) is 12.1 Å². The van der Waals surface area contributed by atoms with Crippen molar-refractivity contribution in [2.24, 2.45) is 0 Å². The molecule has 1 aromatic rings. The third-order valence-corrected chi connectivity index (χ3v) is 5.08. The summed E-state index contributed by atoms with van der Waals surface area (Å²) in [7, 11) is 1.97. The molecular formula is C18H25FN2O3. The highest BCUT2D eigenvalue weighted by molar-refractivity contribution is 5.81. The third-order valence-electron chi connectivity index (χ3n) is 5.08. The standard InChI is InChI=1S/C18H25FN2O3/c1-21-9-10-24-16(12-21)17(22)20-15-5-7-18(23,8-6-15)13-3-2-4-14(19)11-13/h2-4,11,15-16,23H,5-10,12H2,1H3,(H,20,22). The topological polar surface area (TPSA) is 61.8 Å². The molecule has 6 heteroatoms. The van der Waals surface area contributed by atoms with Crippen molar-refractivity contribution in [2.75, 3.05) is 26.7 Å². The minimum atomic E-state index is -1.01. The van der Waals surface area contributed by atoms with Gasteiger partial charge in [0.05, 0.1) is 12.2 Å². The maximum absolute atomic E-state index is 13.4. The third kappa shape index (κ3) is 3.94. The van der Waals surface area contributed by atoms with Crippen molar-refractivity contribution in [3.63, 3.8) is 0 Å². The first-order valence-electron chi connectivity index (χ1n) is 8.55. The van der Waals surface area contributed by atoms with Crippen LogP contribution < -0.4 is 5.32 Å². The van der Waals surface area contributed by atoms with E-state index >= 15 is 0 Å². The molecule has 2 aliphatic rings. The SMILES string of the molecule is CN1CCOC(C(=O)NC2CCC(O)(c3cccc(F)c3)CC2)C1. The Labute approximate surface area is 141 Å². The molecule has 1 heterocycles. The van der Waals surface area contributed by atoms with Gasteiger partial charge in [0, 0.05) is 19.1 Å². The summed E-state index contributed by atoms with van der Waals surface area (Å²) >= 11 is 0. The Kier molecular flexibility index (Phi) is 5.18. The molecule has 0 spiro atoms. The number of hydrogen-bond donors (Lipinski definition) is 2. The number of carbonyl (C=O) groups is 1. The van der Waals surface area contributed by atoms with Gasteiger partial charge >= 0.3 is 0 Å². The molecule has 3 rings (SSSR count). The van der Waals surface area contributed by atoms with Crippen LogP contribution in [0.1, 0.15) is 31.2 Å². The average Bonchev–Trinajstić information content (AvgIpc) is 2.57. The summed E-state index contributed by atoms with van der Waals surface area (Å²) in [6.45, 7) is 2.01. The number of hydrogen-bond acceptors (Lipinski definition) is 4. The van der Waals surface area contributed by atoms with Crippen molar-refractivity contribution in [1.29, 1.82) is 0 Å². The molecule has 1 unspecified atom stereocenters. The first-order chi connectivity index (χ1) is 11.5. The van der Waals surface area contributed by atoms with Gasteiger partial charge in [-0.3, -0.25) is 4.79 Å². The summed E-state index contributed by atoms with van der Waals surface area (Å²) < 4.78 is 18.9. The van der Waals surface area contributed by atoms with Gasteiger partial charge in [0.2, 0.25) is 0 Å². The van der Waals surface area contributed by atoms with Crippen LogP contribution in [0.3, 0.4) is 0 Å². The molecule has 2 N–H and O–H groups in total. The number of halogens is 1. The van der Waals surface area contributed by atoms with Crippen LogP contribution in [0.15, 0.2) is 24.3 Å². The molecule has 0 bridgehead atoms. The Morgan fingerprint density at radius 2 is 2.17 bits per heavy atom. The van der Waals surface area contributed by atoms with Gasteiger partial charge in [-0.1, -0.05) is 12.1 Å². The van der Waals surface area contributed by atoms with Gasteiger partial charge in [-0.25, -0.2) is 4.39 Å².